The summed E-state index contributed by atoms with van der Waals surface area (Å²) in [5, 5.41) is 0. The Morgan fingerprint density at radius 3 is 2.00 bits per heavy atom. The maximum absolute atomic E-state index is 2.23. The summed E-state index contributed by atoms with van der Waals surface area (Å²) in [7, 11) is 0. The van der Waals surface area contributed by atoms with Crippen molar-refractivity contribution in [2.75, 3.05) is 0 Å². The van der Waals surface area contributed by atoms with E-state index in [2.05, 4.69) is 6.92 Å². The maximum atomic E-state index is 2.23. The second kappa shape index (κ2) is 9.90. The number of rotatable bonds is 2. The molecule has 0 N–H and O–H groups in total. The Labute approximate surface area is 74.1 Å². The molecule has 0 saturated heterocycles. The Morgan fingerprint density at radius 1 is 1.50 bits per heavy atom. The van der Waals surface area contributed by atoms with Crippen LogP contribution >= 0.6 is 0 Å². The van der Waals surface area contributed by atoms with E-state index in [0.29, 0.717) is 0 Å². The van der Waals surface area contributed by atoms with E-state index in [4.69, 9.17) is 0 Å². The van der Waals surface area contributed by atoms with E-state index < -0.39 is 0 Å². The van der Waals surface area contributed by atoms with E-state index in [1.54, 1.807) is 24.7 Å². The quantitative estimate of drug-likeness (QED) is 0.689. The molecule has 0 rings (SSSR count). The van der Waals surface area contributed by atoms with Gasteiger partial charge in [-0.25, -0.2) is 0 Å². The molecular formula is C4H9Zr2. The number of hydrogen-bond acceptors (Lipinski definition) is 0. The minimum absolute atomic E-state index is 0. The van der Waals surface area contributed by atoms with Crippen LogP contribution in [0.1, 0.15) is 19.8 Å². The molecule has 0 bridgehead atoms. The molecule has 0 aliphatic rings. The number of hydrogen-bond donors (Lipinski definition) is 0. The molecule has 0 aromatic rings. The predicted octanol–water partition coefficient (Wildman–Crippen LogP) is 1.75. The van der Waals surface area contributed by atoms with Gasteiger partial charge in [0.1, 0.15) is 0 Å². The maximum Gasteiger partial charge on any atom is 0 e. The molecule has 0 fully saturated rings. The first-order chi connectivity index (χ1) is 2.41. The van der Waals surface area contributed by atoms with Crippen molar-refractivity contribution in [1.82, 2.24) is 0 Å². The largest absolute Gasteiger partial charge is 0 e. The standard InChI is InChI=1S/C4H9.2Zr/c1-3-4-2;;/h1,3-4H2,2H3;;. The van der Waals surface area contributed by atoms with E-state index in [9.17, 15) is 0 Å². The summed E-state index contributed by atoms with van der Waals surface area (Å²) in [4.78, 5) is 0. The molecule has 0 radical (unpaired) electrons. The Kier molecular flexibility index (Phi) is 17.7. The van der Waals surface area contributed by atoms with Gasteiger partial charge < -0.3 is 0 Å². The van der Waals surface area contributed by atoms with Crippen molar-refractivity contribution >= 4 is 0 Å². The fourth-order valence-electron chi connectivity index (χ4n) is 0.177. The summed E-state index contributed by atoms with van der Waals surface area (Å²) >= 11 is 1.68. The van der Waals surface area contributed by atoms with Crippen LogP contribution in [-0.2, 0) is 50.9 Å². The van der Waals surface area contributed by atoms with Gasteiger partial charge in [-0.05, 0) is 0 Å². The zero-order valence-electron chi connectivity index (χ0n) is 4.12. The topological polar surface area (TPSA) is 0 Å². The molecule has 33 valence electrons. The Hall–Kier alpha value is 1.77. The summed E-state index contributed by atoms with van der Waals surface area (Å²) in [6.45, 7) is 2.23. The molecule has 6 heavy (non-hydrogen) atoms. The van der Waals surface area contributed by atoms with Crippen LogP contribution in [0.2, 0.25) is 4.13 Å². The molecule has 0 saturated carbocycles. The zero-order chi connectivity index (χ0) is 4.12. The van der Waals surface area contributed by atoms with Gasteiger partial charge in [0.15, 0.2) is 0 Å². The van der Waals surface area contributed by atoms with Gasteiger partial charge in [-0.2, -0.15) is 0 Å². The fourth-order valence-corrected chi connectivity index (χ4v) is 1.05. The van der Waals surface area contributed by atoms with Crippen LogP contribution in [0, 0.1) is 0 Å². The monoisotopic (exact) mass is 237 g/mol. The Morgan fingerprint density at radius 2 is 2.00 bits per heavy atom. The average molecular weight is 240 g/mol. The van der Waals surface area contributed by atoms with E-state index in [1.807, 2.05) is 0 Å². The minimum atomic E-state index is 0. The van der Waals surface area contributed by atoms with Crippen molar-refractivity contribution in [3.8, 4) is 0 Å². The SMILES string of the molecule is CCC[CH2][Zr].[Zr]. The number of unbranched alkanes of at least 4 members (excludes halogenated alkanes) is 1. The second-order valence-electron chi connectivity index (χ2n) is 1.10. The van der Waals surface area contributed by atoms with Gasteiger partial charge in [-0.3, -0.25) is 0 Å². The van der Waals surface area contributed by atoms with Crippen molar-refractivity contribution in [2.24, 2.45) is 0 Å². The summed E-state index contributed by atoms with van der Waals surface area (Å²) in [6.07, 6.45) is 2.80. The molecule has 0 aliphatic carbocycles. The third kappa shape index (κ3) is 9.23. The van der Waals surface area contributed by atoms with Gasteiger partial charge in [0, 0.05) is 26.2 Å². The smallest absolute Gasteiger partial charge is 0 e. The molecule has 2 heteroatoms. The second-order valence-corrected chi connectivity index (χ2v) is 2.33. The summed E-state index contributed by atoms with van der Waals surface area (Å²) in [5.74, 6) is 0. The average Bonchev–Trinajstić information content (AvgIpc) is 1.41. The molecule has 0 aromatic carbocycles. The predicted molar refractivity (Wildman–Crippen MR) is 19.7 cm³/mol. The minimum Gasteiger partial charge on any atom is 0 e. The summed E-state index contributed by atoms with van der Waals surface area (Å²) in [6, 6.07) is 0. The van der Waals surface area contributed by atoms with Crippen molar-refractivity contribution < 1.29 is 50.9 Å². The molecule has 0 unspecified atom stereocenters. The molecule has 0 amide bonds. The van der Waals surface area contributed by atoms with Crippen LogP contribution < -0.4 is 0 Å². The molecule has 0 spiro atoms. The van der Waals surface area contributed by atoms with Crippen LogP contribution in [0.15, 0.2) is 0 Å². The molecule has 0 aromatic heterocycles. The molecular weight excluding hydrogens is 230 g/mol. The van der Waals surface area contributed by atoms with Crippen molar-refractivity contribution in [3.63, 3.8) is 0 Å². The van der Waals surface area contributed by atoms with Gasteiger partial charge in [-0.15, -0.1) is 0 Å². The first kappa shape index (κ1) is 10.7. The van der Waals surface area contributed by atoms with Gasteiger partial charge in [0.05, 0.1) is 0 Å². The van der Waals surface area contributed by atoms with Gasteiger partial charge >= 0.3 is 48.6 Å². The van der Waals surface area contributed by atoms with E-state index in [-0.39, 0.29) is 26.2 Å². The first-order valence-corrected chi connectivity index (χ1v) is 3.80. The third-order valence-corrected chi connectivity index (χ3v) is 1.40. The van der Waals surface area contributed by atoms with E-state index in [1.165, 1.54) is 17.0 Å². The Bertz CT molecular complexity index is 13.0. The van der Waals surface area contributed by atoms with Crippen molar-refractivity contribution in [3.05, 3.63) is 0 Å². The molecule has 0 heterocycles. The van der Waals surface area contributed by atoms with Crippen molar-refractivity contribution in [1.29, 1.82) is 0 Å². The first-order valence-electron chi connectivity index (χ1n) is 2.06. The molecule has 0 aliphatic heterocycles. The van der Waals surface area contributed by atoms with Gasteiger partial charge in [0.2, 0.25) is 0 Å². The van der Waals surface area contributed by atoms with Crippen LogP contribution in [0.5, 0.6) is 0 Å². The van der Waals surface area contributed by atoms with Crippen LogP contribution in [0.4, 0.5) is 0 Å². The normalized spacial score (nSPS) is 6.67. The van der Waals surface area contributed by atoms with Crippen LogP contribution in [0.25, 0.3) is 0 Å². The summed E-state index contributed by atoms with van der Waals surface area (Å²) < 4.78 is 1.43. The fraction of sp³-hybridized carbons (Fsp3) is 1.00. The third-order valence-electron chi connectivity index (χ3n) is 0.530. The van der Waals surface area contributed by atoms with Crippen LogP contribution in [-0.4, -0.2) is 0 Å². The van der Waals surface area contributed by atoms with E-state index >= 15 is 0 Å². The zero-order valence-corrected chi connectivity index (χ0v) is 9.04. The van der Waals surface area contributed by atoms with E-state index in [0.717, 1.165) is 0 Å². The molecule has 0 atom stereocenters. The summed E-state index contributed by atoms with van der Waals surface area (Å²) in [5.41, 5.74) is 0. The van der Waals surface area contributed by atoms with Gasteiger partial charge in [-0.1, -0.05) is 0 Å². The van der Waals surface area contributed by atoms with Gasteiger partial charge in [0.25, 0.3) is 0 Å². The Balaban J connectivity index is 0. The van der Waals surface area contributed by atoms with Crippen LogP contribution in [0.3, 0.4) is 0 Å². The van der Waals surface area contributed by atoms with Crippen molar-refractivity contribution in [2.45, 2.75) is 23.9 Å². The molecule has 0 nitrogen and oxygen atoms in total.